The van der Waals surface area contributed by atoms with Gasteiger partial charge in [0.25, 0.3) is 0 Å². The molecule has 0 saturated heterocycles. The lowest BCUT2D eigenvalue weighted by Gasteiger charge is -2.09. The smallest absolute Gasteiger partial charge is 0.138 e. The molecule has 3 nitrogen and oxygen atoms in total. The first-order chi connectivity index (χ1) is 6.63. The molecule has 0 aliphatic carbocycles. The molecule has 2 N–H and O–H groups in total. The molecule has 4 heteroatoms. The van der Waals surface area contributed by atoms with Gasteiger partial charge in [0.05, 0.1) is 16.7 Å². The van der Waals surface area contributed by atoms with E-state index in [1.165, 1.54) is 0 Å². The van der Waals surface area contributed by atoms with Crippen LogP contribution in [0.5, 0.6) is 5.75 Å². The van der Waals surface area contributed by atoms with Crippen LogP contribution in [0.2, 0.25) is 5.02 Å². The Balaban J connectivity index is 2.75. The van der Waals surface area contributed by atoms with E-state index in [4.69, 9.17) is 27.3 Å². The summed E-state index contributed by atoms with van der Waals surface area (Å²) in [6.07, 6.45) is 0. The monoisotopic (exact) mass is 210 g/mol. The van der Waals surface area contributed by atoms with E-state index in [0.29, 0.717) is 22.9 Å². The van der Waals surface area contributed by atoms with Crippen LogP contribution in [0.15, 0.2) is 18.2 Å². The van der Waals surface area contributed by atoms with Crippen molar-refractivity contribution in [2.75, 3.05) is 6.61 Å². The van der Waals surface area contributed by atoms with Crippen LogP contribution < -0.4 is 10.5 Å². The van der Waals surface area contributed by atoms with Crippen LogP contribution in [0.4, 0.5) is 0 Å². The largest absolute Gasteiger partial charge is 0.490 e. The molecule has 1 aromatic carbocycles. The molecule has 0 heterocycles. The van der Waals surface area contributed by atoms with Gasteiger partial charge in [-0.1, -0.05) is 11.6 Å². The van der Waals surface area contributed by atoms with Crippen molar-refractivity contribution >= 4 is 11.6 Å². The zero-order valence-electron chi connectivity index (χ0n) is 7.83. The Bertz CT molecular complexity index is 358. The van der Waals surface area contributed by atoms with E-state index in [0.717, 1.165) is 0 Å². The first-order valence-electron chi connectivity index (χ1n) is 4.21. The highest BCUT2D eigenvalue weighted by atomic mass is 35.5. The third-order valence-electron chi connectivity index (χ3n) is 1.56. The number of hydrogen-bond acceptors (Lipinski definition) is 3. The quantitative estimate of drug-likeness (QED) is 0.830. The maximum Gasteiger partial charge on any atom is 0.138 e. The number of nitrogens with two attached hydrogens (primary N) is 1. The standard InChI is InChI=1S/C10H11ClN2O/c1-7(13)6-14-10-3-2-8(5-12)4-9(10)11/h2-4,7H,6,13H2,1H3. The van der Waals surface area contributed by atoms with E-state index >= 15 is 0 Å². The Labute approximate surface area is 88.0 Å². The molecule has 1 rings (SSSR count). The Morgan fingerprint density at radius 3 is 2.86 bits per heavy atom. The highest BCUT2D eigenvalue weighted by molar-refractivity contribution is 6.32. The van der Waals surface area contributed by atoms with E-state index in [1.807, 2.05) is 13.0 Å². The second-order valence-electron chi connectivity index (χ2n) is 3.05. The van der Waals surface area contributed by atoms with Gasteiger partial charge in [0.2, 0.25) is 0 Å². The number of ether oxygens (including phenoxy) is 1. The van der Waals surface area contributed by atoms with Crippen molar-refractivity contribution in [2.45, 2.75) is 13.0 Å². The van der Waals surface area contributed by atoms with Crippen molar-refractivity contribution in [3.8, 4) is 11.8 Å². The summed E-state index contributed by atoms with van der Waals surface area (Å²) in [5.41, 5.74) is 6.04. The predicted octanol–water partition coefficient (Wildman–Crippen LogP) is 1.94. The van der Waals surface area contributed by atoms with Gasteiger partial charge in [-0.15, -0.1) is 0 Å². The van der Waals surface area contributed by atoms with Crippen LogP contribution in [-0.4, -0.2) is 12.6 Å². The summed E-state index contributed by atoms with van der Waals surface area (Å²) in [4.78, 5) is 0. The van der Waals surface area contributed by atoms with Crippen molar-refractivity contribution in [1.82, 2.24) is 0 Å². The SMILES string of the molecule is CC(N)COc1ccc(C#N)cc1Cl. The van der Waals surface area contributed by atoms with Crippen LogP contribution in [0.25, 0.3) is 0 Å². The molecule has 0 aliphatic rings. The third kappa shape index (κ3) is 2.91. The molecular formula is C10H11ClN2O. The van der Waals surface area contributed by atoms with E-state index in [1.54, 1.807) is 18.2 Å². The number of benzene rings is 1. The highest BCUT2D eigenvalue weighted by Gasteiger charge is 2.03. The molecule has 0 spiro atoms. The summed E-state index contributed by atoms with van der Waals surface area (Å²) in [7, 11) is 0. The van der Waals surface area contributed by atoms with Crippen molar-refractivity contribution in [2.24, 2.45) is 5.73 Å². The van der Waals surface area contributed by atoms with Gasteiger partial charge >= 0.3 is 0 Å². The number of nitriles is 1. The van der Waals surface area contributed by atoms with Crippen LogP contribution in [0.1, 0.15) is 12.5 Å². The van der Waals surface area contributed by atoms with Crippen molar-refractivity contribution in [3.05, 3.63) is 28.8 Å². The van der Waals surface area contributed by atoms with Crippen LogP contribution >= 0.6 is 11.6 Å². The van der Waals surface area contributed by atoms with Gasteiger partial charge in [-0.05, 0) is 25.1 Å². The zero-order valence-corrected chi connectivity index (χ0v) is 8.58. The van der Waals surface area contributed by atoms with Gasteiger partial charge in [-0.3, -0.25) is 0 Å². The average molecular weight is 211 g/mol. The molecule has 1 aromatic rings. The minimum atomic E-state index is -0.0401. The van der Waals surface area contributed by atoms with Crippen LogP contribution in [-0.2, 0) is 0 Å². The fourth-order valence-corrected chi connectivity index (χ4v) is 1.14. The van der Waals surface area contributed by atoms with Crippen LogP contribution in [0.3, 0.4) is 0 Å². The molecular weight excluding hydrogens is 200 g/mol. The fourth-order valence-electron chi connectivity index (χ4n) is 0.909. The van der Waals surface area contributed by atoms with Gasteiger partial charge in [0.1, 0.15) is 12.4 Å². The molecule has 0 bridgehead atoms. The minimum absolute atomic E-state index is 0.0401. The summed E-state index contributed by atoms with van der Waals surface area (Å²) < 4.78 is 5.33. The Morgan fingerprint density at radius 1 is 1.64 bits per heavy atom. The molecule has 0 amide bonds. The molecule has 1 atom stereocenters. The number of hydrogen-bond donors (Lipinski definition) is 1. The number of halogens is 1. The van der Waals surface area contributed by atoms with E-state index in [-0.39, 0.29) is 6.04 Å². The fraction of sp³-hybridized carbons (Fsp3) is 0.300. The second-order valence-corrected chi connectivity index (χ2v) is 3.45. The van der Waals surface area contributed by atoms with Crippen molar-refractivity contribution in [3.63, 3.8) is 0 Å². The number of nitrogens with zero attached hydrogens (tertiary/aromatic N) is 1. The van der Waals surface area contributed by atoms with E-state index in [2.05, 4.69) is 0 Å². The van der Waals surface area contributed by atoms with E-state index < -0.39 is 0 Å². The summed E-state index contributed by atoms with van der Waals surface area (Å²) in [6.45, 7) is 2.25. The molecule has 0 fully saturated rings. The van der Waals surface area contributed by atoms with Gasteiger partial charge < -0.3 is 10.5 Å². The Kier molecular flexibility index (Phi) is 3.75. The Hall–Kier alpha value is -1.24. The summed E-state index contributed by atoms with van der Waals surface area (Å²) >= 11 is 5.87. The second kappa shape index (κ2) is 4.85. The molecule has 14 heavy (non-hydrogen) atoms. The lowest BCUT2D eigenvalue weighted by atomic mass is 10.2. The maximum absolute atomic E-state index is 8.60. The minimum Gasteiger partial charge on any atom is -0.490 e. The van der Waals surface area contributed by atoms with Crippen molar-refractivity contribution < 1.29 is 4.74 Å². The normalized spacial score (nSPS) is 11.9. The van der Waals surface area contributed by atoms with Gasteiger partial charge in [-0.2, -0.15) is 5.26 Å². The van der Waals surface area contributed by atoms with E-state index in [9.17, 15) is 0 Å². The lowest BCUT2D eigenvalue weighted by Crippen LogP contribution is -2.23. The molecule has 0 saturated carbocycles. The lowest BCUT2D eigenvalue weighted by molar-refractivity contribution is 0.296. The van der Waals surface area contributed by atoms with Gasteiger partial charge in [0, 0.05) is 6.04 Å². The number of rotatable bonds is 3. The summed E-state index contributed by atoms with van der Waals surface area (Å²) in [5, 5.41) is 9.04. The average Bonchev–Trinajstić information content (AvgIpc) is 2.15. The molecule has 0 aliphatic heterocycles. The summed E-state index contributed by atoms with van der Waals surface area (Å²) in [5.74, 6) is 0.558. The first kappa shape index (κ1) is 10.8. The Morgan fingerprint density at radius 2 is 2.36 bits per heavy atom. The zero-order chi connectivity index (χ0) is 10.6. The maximum atomic E-state index is 8.60. The molecule has 1 unspecified atom stereocenters. The van der Waals surface area contributed by atoms with Crippen LogP contribution in [0, 0.1) is 11.3 Å². The third-order valence-corrected chi connectivity index (χ3v) is 1.86. The predicted molar refractivity (Wildman–Crippen MR) is 55.3 cm³/mol. The molecule has 74 valence electrons. The summed E-state index contributed by atoms with van der Waals surface area (Å²) in [6, 6.07) is 6.85. The molecule has 0 aromatic heterocycles. The highest BCUT2D eigenvalue weighted by Crippen LogP contribution is 2.25. The molecule has 0 radical (unpaired) electrons. The van der Waals surface area contributed by atoms with Gasteiger partial charge in [0.15, 0.2) is 0 Å². The first-order valence-corrected chi connectivity index (χ1v) is 4.59. The van der Waals surface area contributed by atoms with Crippen molar-refractivity contribution in [1.29, 1.82) is 5.26 Å². The van der Waals surface area contributed by atoms with Gasteiger partial charge in [-0.25, -0.2) is 0 Å². The topological polar surface area (TPSA) is 59.0 Å².